The number of aryl methyl sites for hydroxylation is 2. The summed E-state index contributed by atoms with van der Waals surface area (Å²) in [7, 11) is -2.80. The summed E-state index contributed by atoms with van der Waals surface area (Å²) in [5.41, 5.74) is 1.87. The number of hydrogen-bond donors (Lipinski definition) is 0. The predicted molar refractivity (Wildman–Crippen MR) is 93.7 cm³/mol. The Labute approximate surface area is 145 Å². The van der Waals surface area contributed by atoms with Crippen LogP contribution in [0.5, 0.6) is 0 Å². The van der Waals surface area contributed by atoms with Crippen molar-refractivity contribution in [1.82, 2.24) is 10.2 Å². The van der Waals surface area contributed by atoms with Crippen molar-refractivity contribution in [3.8, 4) is 0 Å². The normalized spacial score (nSPS) is 13.4. The maximum Gasteiger partial charge on any atom is 0.154 e. The van der Waals surface area contributed by atoms with E-state index in [1.165, 1.54) is 0 Å². The van der Waals surface area contributed by atoms with Crippen LogP contribution >= 0.6 is 0 Å². The van der Waals surface area contributed by atoms with Crippen molar-refractivity contribution in [2.24, 2.45) is 0 Å². The zero-order valence-electron chi connectivity index (χ0n) is 13.3. The van der Waals surface area contributed by atoms with E-state index in [0.717, 1.165) is 11.1 Å². The Hall–Kier alpha value is -2.18. The Kier molecular flexibility index (Phi) is 4.97. The average molecular weight is 356 g/mol. The Balaban J connectivity index is 1.89. The maximum absolute atomic E-state index is 12.6. The van der Waals surface area contributed by atoms with Crippen molar-refractivity contribution in [1.29, 1.82) is 0 Å². The fourth-order valence-electron chi connectivity index (χ4n) is 2.26. The second-order valence-corrected chi connectivity index (χ2v) is 8.07. The molecule has 0 aliphatic heterocycles. The molecule has 6 heteroatoms. The van der Waals surface area contributed by atoms with Gasteiger partial charge in [0.05, 0.1) is 0 Å². The lowest BCUT2D eigenvalue weighted by Crippen LogP contribution is -2.04. The highest BCUT2D eigenvalue weighted by Gasteiger charge is 2.15. The van der Waals surface area contributed by atoms with Gasteiger partial charge in [0.15, 0.2) is 10.1 Å². The van der Waals surface area contributed by atoms with E-state index in [4.69, 9.17) is 0 Å². The summed E-state index contributed by atoms with van der Waals surface area (Å²) < 4.78 is 25.2. The maximum atomic E-state index is 12.6. The molecule has 0 aliphatic rings. The van der Waals surface area contributed by atoms with Gasteiger partial charge in [0, 0.05) is 9.79 Å². The van der Waals surface area contributed by atoms with Gasteiger partial charge in [-0.3, -0.25) is 0 Å². The quantitative estimate of drug-likeness (QED) is 0.719. The molecule has 4 nitrogen and oxygen atoms in total. The predicted octanol–water partition coefficient (Wildman–Crippen LogP) is 3.43. The highest BCUT2D eigenvalue weighted by molar-refractivity contribution is 7.85. The molecule has 3 aromatic rings. The van der Waals surface area contributed by atoms with Gasteiger partial charge in [-0.1, -0.05) is 36.4 Å². The zero-order valence-corrected chi connectivity index (χ0v) is 14.9. The lowest BCUT2D eigenvalue weighted by molar-refractivity contribution is 0.668. The summed E-state index contributed by atoms with van der Waals surface area (Å²) in [4.78, 5) is 1.42. The molecule has 0 spiro atoms. The fourth-order valence-corrected chi connectivity index (χ4v) is 4.45. The second kappa shape index (κ2) is 7.15. The third kappa shape index (κ3) is 3.34. The van der Waals surface area contributed by atoms with Crippen molar-refractivity contribution < 1.29 is 8.42 Å². The van der Waals surface area contributed by atoms with E-state index in [9.17, 15) is 8.42 Å². The molecule has 0 N–H and O–H groups in total. The molecule has 0 radical (unpaired) electrons. The summed E-state index contributed by atoms with van der Waals surface area (Å²) >= 11 is 0. The molecule has 0 amide bonds. The van der Waals surface area contributed by atoms with Gasteiger partial charge in [0.2, 0.25) is 0 Å². The molecule has 0 saturated heterocycles. The third-order valence-corrected chi connectivity index (χ3v) is 6.49. The van der Waals surface area contributed by atoms with Crippen LogP contribution in [-0.2, 0) is 21.6 Å². The Morgan fingerprint density at radius 3 is 1.33 bits per heavy atom. The van der Waals surface area contributed by atoms with E-state index in [1.54, 1.807) is 12.1 Å². The molecule has 2 aromatic carbocycles. The van der Waals surface area contributed by atoms with E-state index < -0.39 is 21.6 Å². The largest absolute Gasteiger partial charge is 0.247 e. The van der Waals surface area contributed by atoms with Gasteiger partial charge in [-0.2, -0.15) is 0 Å². The monoisotopic (exact) mass is 356 g/mol. The second-order valence-electron chi connectivity index (χ2n) is 5.28. The van der Waals surface area contributed by atoms with Crippen LogP contribution in [0.15, 0.2) is 80.5 Å². The van der Waals surface area contributed by atoms with Gasteiger partial charge in [-0.05, 0) is 49.2 Å². The highest BCUT2D eigenvalue weighted by atomic mass is 32.2. The van der Waals surface area contributed by atoms with Crippen LogP contribution in [0.25, 0.3) is 0 Å². The summed E-state index contributed by atoms with van der Waals surface area (Å²) in [5, 5.41) is 8.77. The first-order chi connectivity index (χ1) is 11.6. The van der Waals surface area contributed by atoms with E-state index >= 15 is 0 Å². The van der Waals surface area contributed by atoms with Gasteiger partial charge in [0.1, 0.15) is 21.6 Å². The van der Waals surface area contributed by atoms with Gasteiger partial charge in [-0.15, -0.1) is 10.2 Å². The minimum Gasteiger partial charge on any atom is -0.247 e. The standard InChI is InChI=1S/C18H16N2O2S2/c1-13-7-3-5-9-15(13)23(21)17-11-12-18(20-19-17)24(22)16-10-6-4-8-14(16)2/h3-12H,1-2H3. The first-order valence-electron chi connectivity index (χ1n) is 7.36. The number of hydrogen-bond acceptors (Lipinski definition) is 4. The first-order valence-corrected chi connectivity index (χ1v) is 9.66. The molecule has 0 aliphatic carbocycles. The minimum atomic E-state index is -1.40. The van der Waals surface area contributed by atoms with E-state index in [1.807, 2.05) is 62.4 Å². The van der Waals surface area contributed by atoms with E-state index in [2.05, 4.69) is 10.2 Å². The van der Waals surface area contributed by atoms with E-state index in [0.29, 0.717) is 19.8 Å². The molecule has 24 heavy (non-hydrogen) atoms. The van der Waals surface area contributed by atoms with E-state index in [-0.39, 0.29) is 0 Å². The Bertz CT molecular complexity index is 848. The average Bonchev–Trinajstić information content (AvgIpc) is 2.61. The molecule has 0 bridgehead atoms. The molecule has 2 unspecified atom stereocenters. The number of aromatic nitrogens is 2. The SMILES string of the molecule is Cc1ccccc1S(=O)c1ccc(S(=O)c2ccccc2C)nn1. The van der Waals surface area contributed by atoms with Gasteiger partial charge in [-0.25, -0.2) is 8.42 Å². The van der Waals surface area contributed by atoms with Crippen molar-refractivity contribution in [3.63, 3.8) is 0 Å². The van der Waals surface area contributed by atoms with Gasteiger partial charge >= 0.3 is 0 Å². The molecule has 3 rings (SSSR count). The van der Waals surface area contributed by atoms with Crippen LogP contribution in [0.3, 0.4) is 0 Å². The van der Waals surface area contributed by atoms with Crippen molar-refractivity contribution in [3.05, 3.63) is 71.8 Å². The number of rotatable bonds is 4. The molecular weight excluding hydrogens is 340 g/mol. The molecule has 1 heterocycles. The van der Waals surface area contributed by atoms with Gasteiger partial charge in [0.25, 0.3) is 0 Å². The zero-order chi connectivity index (χ0) is 17.1. The molecule has 1 aromatic heterocycles. The number of nitrogens with zero attached hydrogens (tertiary/aromatic N) is 2. The molecular formula is C18H16N2O2S2. The van der Waals surface area contributed by atoms with Crippen LogP contribution in [0.4, 0.5) is 0 Å². The summed E-state index contributed by atoms with van der Waals surface area (Å²) in [6.07, 6.45) is 0. The van der Waals surface area contributed by atoms with Crippen LogP contribution in [-0.4, -0.2) is 18.6 Å². The Morgan fingerprint density at radius 1 is 0.625 bits per heavy atom. The highest BCUT2D eigenvalue weighted by Crippen LogP contribution is 2.20. The Morgan fingerprint density at radius 2 is 1.00 bits per heavy atom. The van der Waals surface area contributed by atoms with Crippen LogP contribution in [0.2, 0.25) is 0 Å². The first kappa shape index (κ1) is 16.7. The van der Waals surface area contributed by atoms with Crippen LogP contribution in [0.1, 0.15) is 11.1 Å². The molecule has 122 valence electrons. The molecule has 2 atom stereocenters. The van der Waals surface area contributed by atoms with Gasteiger partial charge < -0.3 is 0 Å². The molecule has 0 fully saturated rings. The van der Waals surface area contributed by atoms with Crippen LogP contribution in [0, 0.1) is 13.8 Å². The minimum absolute atomic E-state index is 0.356. The lowest BCUT2D eigenvalue weighted by atomic mass is 10.2. The topological polar surface area (TPSA) is 59.9 Å². The summed E-state index contributed by atoms with van der Waals surface area (Å²) in [5.74, 6) is 0. The summed E-state index contributed by atoms with van der Waals surface area (Å²) in [6, 6.07) is 18.2. The van der Waals surface area contributed by atoms with Crippen LogP contribution < -0.4 is 0 Å². The molecule has 0 saturated carbocycles. The van der Waals surface area contributed by atoms with Crippen molar-refractivity contribution >= 4 is 21.6 Å². The van der Waals surface area contributed by atoms with Crippen molar-refractivity contribution in [2.75, 3.05) is 0 Å². The summed E-state index contributed by atoms with van der Waals surface area (Å²) in [6.45, 7) is 3.81. The third-order valence-electron chi connectivity index (χ3n) is 3.58. The lowest BCUT2D eigenvalue weighted by Gasteiger charge is -2.06. The fraction of sp³-hybridized carbons (Fsp3) is 0.111. The van der Waals surface area contributed by atoms with Crippen molar-refractivity contribution in [2.45, 2.75) is 33.7 Å². The smallest absolute Gasteiger partial charge is 0.154 e. The number of benzene rings is 2.